The minimum absolute atomic E-state index is 0.0256. The molecule has 6 rings (SSSR count). The van der Waals surface area contributed by atoms with Crippen molar-refractivity contribution in [3.05, 3.63) is 46.0 Å². The van der Waals surface area contributed by atoms with Gasteiger partial charge < -0.3 is 14.7 Å². The summed E-state index contributed by atoms with van der Waals surface area (Å²) >= 11 is 6.40. The minimum atomic E-state index is -1.13. The van der Waals surface area contributed by atoms with Crippen molar-refractivity contribution < 1.29 is 24.2 Å². The summed E-state index contributed by atoms with van der Waals surface area (Å²) < 4.78 is 6.06. The number of aliphatic carboxylic acids is 1. The number of hydrogen-bond donors (Lipinski definition) is 1. The van der Waals surface area contributed by atoms with Gasteiger partial charge in [0.25, 0.3) is 0 Å². The average Bonchev–Trinajstić information content (AvgIpc) is 3.39. The zero-order chi connectivity index (χ0) is 38.5. The predicted octanol–water partition coefficient (Wildman–Crippen LogP) is 9.32. The van der Waals surface area contributed by atoms with E-state index < -0.39 is 11.4 Å². The molecule has 0 bridgehead atoms. The van der Waals surface area contributed by atoms with Crippen molar-refractivity contribution in [3.8, 4) is 0 Å². The first-order chi connectivity index (χ1) is 25.0. The number of allylic oxidation sites excluding steroid dienone is 2. The van der Waals surface area contributed by atoms with E-state index in [9.17, 15) is 19.5 Å². The Bertz CT molecular complexity index is 1570. The lowest BCUT2D eigenvalue weighted by atomic mass is 9.42. The fraction of sp³-hybridized carbons (Fsp3) is 0.756. The monoisotopic (exact) mass is 750 g/mol. The van der Waals surface area contributed by atoms with Crippen LogP contribution in [-0.4, -0.2) is 72.5 Å². The first-order valence-corrected chi connectivity index (χ1v) is 21.2. The largest absolute Gasteiger partial charge is 0.481 e. The Labute approximate surface area is 324 Å². The molecule has 1 aromatic carbocycles. The molecule has 0 aromatic heterocycles. The summed E-state index contributed by atoms with van der Waals surface area (Å²) in [6, 6.07) is 8.25. The van der Waals surface area contributed by atoms with Gasteiger partial charge in [0.1, 0.15) is 6.10 Å². The van der Waals surface area contributed by atoms with Gasteiger partial charge in [-0.05, 0) is 162 Å². The number of carbonyl (C=O) groups excluding carboxylic acids is 2. The lowest BCUT2D eigenvalue weighted by Gasteiger charge is -2.63. The van der Waals surface area contributed by atoms with Crippen molar-refractivity contribution in [2.45, 2.75) is 125 Å². The van der Waals surface area contributed by atoms with Crippen LogP contribution in [-0.2, 0) is 25.7 Å². The van der Waals surface area contributed by atoms with Gasteiger partial charge >= 0.3 is 11.9 Å². The molecule has 0 saturated heterocycles. The SMILES string of the molecule is CC(C)C1=C2C3CCC4C(CCC5C(C)C(OC(=O)CC(C)(C)C(=O)O)CCC54C)C3CCC2(CCN(CCN(C)C)Cc2cccc(Cl)c2)CC1=O. The molecule has 1 aromatic rings. The number of likely N-dealkylation sites (N-methyl/N-ethyl adjacent to an activating group) is 1. The third kappa shape index (κ3) is 8.05. The molecule has 9 unspecified atom stereocenters. The van der Waals surface area contributed by atoms with Crippen LogP contribution < -0.4 is 0 Å². The Kier molecular flexibility index (Phi) is 12.0. The summed E-state index contributed by atoms with van der Waals surface area (Å²) in [4.78, 5) is 43.5. The summed E-state index contributed by atoms with van der Waals surface area (Å²) in [7, 11) is 4.28. The molecule has 8 heteroatoms. The van der Waals surface area contributed by atoms with Crippen LogP contribution in [0.4, 0.5) is 0 Å². The van der Waals surface area contributed by atoms with Gasteiger partial charge in [0.2, 0.25) is 0 Å². The Morgan fingerprint density at radius 1 is 1.00 bits per heavy atom. The van der Waals surface area contributed by atoms with Gasteiger partial charge in [-0.25, -0.2) is 0 Å². The van der Waals surface area contributed by atoms with E-state index in [1.54, 1.807) is 19.4 Å². The van der Waals surface area contributed by atoms with Crippen LogP contribution in [0.25, 0.3) is 0 Å². The van der Waals surface area contributed by atoms with Crippen LogP contribution in [0.2, 0.25) is 5.02 Å². The van der Waals surface area contributed by atoms with Gasteiger partial charge in [-0.15, -0.1) is 0 Å². The van der Waals surface area contributed by atoms with E-state index in [0.717, 1.165) is 63.3 Å². The number of ether oxygens (including phenoxy) is 1. The first kappa shape index (κ1) is 40.4. The topological polar surface area (TPSA) is 87.2 Å². The van der Waals surface area contributed by atoms with E-state index >= 15 is 0 Å². The molecule has 5 aliphatic carbocycles. The quantitative estimate of drug-likeness (QED) is 0.201. The van der Waals surface area contributed by atoms with E-state index in [-0.39, 0.29) is 41.2 Å². The molecule has 0 aliphatic heterocycles. The number of fused-ring (bicyclic) bond motifs is 7. The summed E-state index contributed by atoms with van der Waals surface area (Å²) in [5.74, 6) is 2.52. The fourth-order valence-corrected chi connectivity index (χ4v) is 12.7. The second-order valence-electron chi connectivity index (χ2n) is 19.5. The molecule has 7 nitrogen and oxygen atoms in total. The molecule has 4 fully saturated rings. The number of benzene rings is 1. The van der Waals surface area contributed by atoms with E-state index in [1.807, 2.05) is 12.1 Å². The van der Waals surface area contributed by atoms with E-state index in [4.69, 9.17) is 16.3 Å². The van der Waals surface area contributed by atoms with Crippen molar-refractivity contribution in [1.29, 1.82) is 0 Å². The van der Waals surface area contributed by atoms with Crippen LogP contribution in [0.15, 0.2) is 35.4 Å². The first-order valence-electron chi connectivity index (χ1n) is 20.8. The van der Waals surface area contributed by atoms with Crippen molar-refractivity contribution in [2.75, 3.05) is 33.7 Å². The number of nitrogens with zero attached hydrogens (tertiary/aromatic N) is 2. The maximum absolute atomic E-state index is 14.1. The molecule has 5 aliphatic rings. The smallest absolute Gasteiger partial charge is 0.309 e. The van der Waals surface area contributed by atoms with E-state index in [2.05, 4.69) is 63.7 Å². The summed E-state index contributed by atoms with van der Waals surface area (Å²) in [6.45, 7) is 16.3. The molecule has 1 N–H and O–H groups in total. The Morgan fingerprint density at radius 3 is 2.42 bits per heavy atom. The van der Waals surface area contributed by atoms with Crippen LogP contribution >= 0.6 is 11.6 Å². The number of carboxylic acid groups (broad SMARTS) is 1. The molecule has 0 heterocycles. The molecule has 0 radical (unpaired) electrons. The molecular weight excluding hydrogens is 684 g/mol. The maximum atomic E-state index is 14.1. The average molecular weight is 751 g/mol. The van der Waals surface area contributed by atoms with Gasteiger partial charge in [0.05, 0.1) is 11.8 Å². The van der Waals surface area contributed by atoms with E-state index in [1.165, 1.54) is 36.8 Å². The predicted molar refractivity (Wildman–Crippen MR) is 211 cm³/mol. The Hall–Kier alpha value is -2.22. The van der Waals surface area contributed by atoms with Gasteiger partial charge in [-0.2, -0.15) is 0 Å². The van der Waals surface area contributed by atoms with Crippen LogP contribution in [0.3, 0.4) is 0 Å². The summed E-state index contributed by atoms with van der Waals surface area (Å²) in [5, 5.41) is 10.3. The van der Waals surface area contributed by atoms with Crippen LogP contribution in [0, 0.1) is 57.7 Å². The zero-order valence-corrected chi connectivity index (χ0v) is 34.6. The second kappa shape index (κ2) is 15.7. The van der Waals surface area contributed by atoms with Crippen molar-refractivity contribution in [3.63, 3.8) is 0 Å². The third-order valence-electron chi connectivity index (χ3n) is 15.1. The normalized spacial score (nSPS) is 34.2. The maximum Gasteiger partial charge on any atom is 0.309 e. The number of halogens is 1. The lowest BCUT2D eigenvalue weighted by molar-refractivity contribution is -0.175. The molecule has 9 atom stereocenters. The molecular formula is C45H67ClN2O5. The second-order valence-corrected chi connectivity index (χ2v) is 19.9. The van der Waals surface area contributed by atoms with Gasteiger partial charge in [-0.3, -0.25) is 19.3 Å². The van der Waals surface area contributed by atoms with Crippen LogP contribution in [0.1, 0.15) is 118 Å². The third-order valence-corrected chi connectivity index (χ3v) is 15.4. The zero-order valence-electron chi connectivity index (χ0n) is 33.9. The summed E-state index contributed by atoms with van der Waals surface area (Å²) in [5.41, 5.74) is 3.04. The highest BCUT2D eigenvalue weighted by molar-refractivity contribution is 6.30. The molecule has 294 valence electrons. The van der Waals surface area contributed by atoms with Gasteiger partial charge in [0, 0.05) is 36.5 Å². The Balaban J connectivity index is 1.19. The number of Topliss-reactive ketones (excluding diaryl/α,β-unsaturated/α-hetero) is 1. The molecule has 4 saturated carbocycles. The van der Waals surface area contributed by atoms with Crippen molar-refractivity contribution >= 4 is 29.3 Å². The van der Waals surface area contributed by atoms with Crippen molar-refractivity contribution in [1.82, 2.24) is 9.80 Å². The Morgan fingerprint density at radius 2 is 1.74 bits per heavy atom. The highest BCUT2D eigenvalue weighted by atomic mass is 35.5. The number of hydrogen-bond acceptors (Lipinski definition) is 6. The molecule has 0 amide bonds. The molecule has 53 heavy (non-hydrogen) atoms. The number of carboxylic acids is 1. The van der Waals surface area contributed by atoms with E-state index in [0.29, 0.717) is 41.8 Å². The number of ketones is 1. The van der Waals surface area contributed by atoms with Gasteiger partial charge in [0.15, 0.2) is 5.78 Å². The number of rotatable bonds is 13. The molecule has 0 spiro atoms. The van der Waals surface area contributed by atoms with Gasteiger partial charge in [-0.1, -0.05) is 57.0 Å². The number of carbonyl (C=O) groups is 3. The fourth-order valence-electron chi connectivity index (χ4n) is 12.4. The lowest BCUT2D eigenvalue weighted by Crippen LogP contribution is -2.56. The highest BCUT2D eigenvalue weighted by Crippen LogP contribution is 2.68. The minimum Gasteiger partial charge on any atom is -0.481 e. The number of esters is 1. The standard InChI is InChI=1S/C45H67ClN2O5/c1-28(2)40-37(49)25-45(20-21-48(23-22-47(7)8)27-30-10-9-11-31(46)24-30)19-16-32-33-12-14-35-29(3)38(53-39(50)26-43(4,5)42(51)52)17-18-44(35,6)36(33)15-13-34(32)41(40)45/h9-11,24,28-29,32-36,38H,12-23,25-27H2,1-8H3,(H,51,52). The van der Waals surface area contributed by atoms with Crippen molar-refractivity contribution in [2.24, 2.45) is 57.7 Å². The highest BCUT2D eigenvalue weighted by Gasteiger charge is 2.61. The summed E-state index contributed by atoms with van der Waals surface area (Å²) in [6.07, 6.45) is 10.5. The van der Waals surface area contributed by atoms with Crippen LogP contribution in [0.5, 0.6) is 0 Å².